The van der Waals surface area contributed by atoms with Gasteiger partial charge in [0.2, 0.25) is 0 Å². The van der Waals surface area contributed by atoms with Crippen LogP contribution in [0, 0.1) is 0 Å². The van der Waals surface area contributed by atoms with Gasteiger partial charge in [0.25, 0.3) is 5.91 Å². The first-order valence-corrected chi connectivity index (χ1v) is 6.98. The molecule has 0 saturated carbocycles. The Kier molecular flexibility index (Phi) is 10.2. The van der Waals surface area contributed by atoms with Gasteiger partial charge in [-0.3, -0.25) is 4.79 Å². The van der Waals surface area contributed by atoms with Gasteiger partial charge in [-0.2, -0.15) is 0 Å². The van der Waals surface area contributed by atoms with E-state index >= 15 is 0 Å². The molecule has 3 nitrogen and oxygen atoms in total. The topological polar surface area (TPSA) is 29.5 Å². The van der Waals surface area contributed by atoms with E-state index in [4.69, 9.17) is 4.74 Å². The summed E-state index contributed by atoms with van der Waals surface area (Å²) >= 11 is 0. The maximum atomic E-state index is 12.1. The highest BCUT2D eigenvalue weighted by molar-refractivity contribution is 5.80. The summed E-state index contributed by atoms with van der Waals surface area (Å²) in [6, 6.07) is 0. The lowest BCUT2D eigenvalue weighted by atomic mass is 10.2. The van der Waals surface area contributed by atoms with Crippen molar-refractivity contribution in [2.75, 3.05) is 20.2 Å². The normalized spacial score (nSPS) is 12.5. The van der Waals surface area contributed by atoms with Crippen LogP contribution in [0.25, 0.3) is 0 Å². The van der Waals surface area contributed by atoms with Crippen molar-refractivity contribution in [3.8, 4) is 0 Å². The van der Waals surface area contributed by atoms with Crippen LogP contribution in [-0.4, -0.2) is 37.1 Å². The molecule has 0 rings (SSSR count). The van der Waals surface area contributed by atoms with Crippen molar-refractivity contribution in [3.05, 3.63) is 0 Å². The number of unbranched alkanes of at least 4 members (excludes halogenated alkanes) is 4. The van der Waals surface area contributed by atoms with E-state index < -0.39 is 0 Å². The Hall–Kier alpha value is -0.570. The Balaban J connectivity index is 4.12. The predicted octanol–water partition coefficient (Wildman–Crippen LogP) is 3.23. The molecule has 0 aromatic rings. The predicted molar refractivity (Wildman–Crippen MR) is 72.1 cm³/mol. The van der Waals surface area contributed by atoms with Crippen LogP contribution < -0.4 is 0 Å². The van der Waals surface area contributed by atoms with E-state index in [0.29, 0.717) is 0 Å². The molecular weight excluding hydrogens is 214 g/mol. The Morgan fingerprint density at radius 3 is 1.88 bits per heavy atom. The van der Waals surface area contributed by atoms with Gasteiger partial charge in [-0.25, -0.2) is 0 Å². The summed E-state index contributed by atoms with van der Waals surface area (Å²) in [6.07, 6.45) is 6.67. The lowest BCUT2D eigenvalue weighted by Crippen LogP contribution is -2.40. The van der Waals surface area contributed by atoms with Crippen molar-refractivity contribution in [3.63, 3.8) is 0 Å². The lowest BCUT2D eigenvalue weighted by molar-refractivity contribution is -0.141. The minimum absolute atomic E-state index is 0.139. The molecule has 0 fully saturated rings. The molecule has 0 aromatic carbocycles. The summed E-state index contributed by atoms with van der Waals surface area (Å²) in [4.78, 5) is 14.0. The molecule has 0 bridgehead atoms. The molecule has 1 atom stereocenters. The molecule has 102 valence electrons. The van der Waals surface area contributed by atoms with Crippen LogP contribution in [0.5, 0.6) is 0 Å². The average Bonchev–Trinajstić information content (AvgIpc) is 2.35. The van der Waals surface area contributed by atoms with Crippen LogP contribution in [-0.2, 0) is 9.53 Å². The largest absolute Gasteiger partial charge is 0.372 e. The lowest BCUT2D eigenvalue weighted by Gasteiger charge is -2.25. The van der Waals surface area contributed by atoms with E-state index in [1.165, 1.54) is 25.7 Å². The Morgan fingerprint density at radius 1 is 1.06 bits per heavy atom. The second kappa shape index (κ2) is 10.6. The number of carbonyl (C=O) groups is 1. The van der Waals surface area contributed by atoms with Crippen molar-refractivity contribution in [2.45, 2.75) is 65.4 Å². The Bertz CT molecular complexity index is 185. The fraction of sp³-hybridized carbons (Fsp3) is 0.929. The highest BCUT2D eigenvalue weighted by Crippen LogP contribution is 2.06. The maximum absolute atomic E-state index is 12.1. The van der Waals surface area contributed by atoms with Crippen LogP contribution in [0.15, 0.2) is 0 Å². The second-order valence-corrected chi connectivity index (χ2v) is 4.62. The first-order valence-electron chi connectivity index (χ1n) is 6.98. The molecule has 0 aromatic heterocycles. The SMILES string of the molecule is CCCCCN(CCCCC)C(=O)C(C)OC. The summed E-state index contributed by atoms with van der Waals surface area (Å²) in [5.41, 5.74) is 0. The van der Waals surface area contributed by atoms with E-state index in [2.05, 4.69) is 13.8 Å². The van der Waals surface area contributed by atoms with Gasteiger partial charge in [0.15, 0.2) is 0 Å². The molecule has 3 heteroatoms. The fourth-order valence-electron chi connectivity index (χ4n) is 1.80. The van der Waals surface area contributed by atoms with Gasteiger partial charge in [0.1, 0.15) is 6.10 Å². The van der Waals surface area contributed by atoms with Gasteiger partial charge < -0.3 is 9.64 Å². The van der Waals surface area contributed by atoms with Crippen molar-refractivity contribution >= 4 is 5.91 Å². The van der Waals surface area contributed by atoms with Crippen LogP contribution in [0.1, 0.15) is 59.3 Å². The smallest absolute Gasteiger partial charge is 0.251 e. The zero-order valence-electron chi connectivity index (χ0n) is 12.0. The quantitative estimate of drug-likeness (QED) is 0.551. The molecule has 0 aliphatic carbocycles. The maximum Gasteiger partial charge on any atom is 0.251 e. The Morgan fingerprint density at radius 2 is 1.53 bits per heavy atom. The number of amides is 1. The van der Waals surface area contributed by atoms with Crippen LogP contribution in [0.3, 0.4) is 0 Å². The number of ether oxygens (including phenoxy) is 1. The Labute approximate surface area is 107 Å². The summed E-state index contributed by atoms with van der Waals surface area (Å²) in [6.45, 7) is 7.95. The number of hydrogen-bond donors (Lipinski definition) is 0. The summed E-state index contributed by atoms with van der Waals surface area (Å²) < 4.78 is 5.11. The second-order valence-electron chi connectivity index (χ2n) is 4.62. The molecule has 0 aliphatic heterocycles. The molecule has 0 spiro atoms. The van der Waals surface area contributed by atoms with Crippen molar-refractivity contribution < 1.29 is 9.53 Å². The number of carbonyl (C=O) groups excluding carboxylic acids is 1. The van der Waals surface area contributed by atoms with Gasteiger partial charge in [-0.05, 0) is 19.8 Å². The molecule has 1 unspecified atom stereocenters. The third-order valence-electron chi connectivity index (χ3n) is 3.08. The van der Waals surface area contributed by atoms with E-state index in [0.717, 1.165) is 25.9 Å². The summed E-state index contributed by atoms with van der Waals surface area (Å²) in [5.74, 6) is 0.139. The molecule has 0 radical (unpaired) electrons. The zero-order valence-corrected chi connectivity index (χ0v) is 12.0. The molecule has 17 heavy (non-hydrogen) atoms. The van der Waals surface area contributed by atoms with Gasteiger partial charge in [0, 0.05) is 20.2 Å². The third kappa shape index (κ3) is 7.37. The van der Waals surface area contributed by atoms with E-state index in [9.17, 15) is 4.79 Å². The monoisotopic (exact) mass is 243 g/mol. The fourth-order valence-corrected chi connectivity index (χ4v) is 1.80. The molecule has 1 amide bonds. The van der Waals surface area contributed by atoms with Gasteiger partial charge >= 0.3 is 0 Å². The standard InChI is InChI=1S/C14H29NO2/c1-5-7-9-11-15(12-10-8-6-2)14(16)13(3)17-4/h13H,5-12H2,1-4H3. The van der Waals surface area contributed by atoms with Crippen LogP contribution in [0.4, 0.5) is 0 Å². The molecule has 0 aliphatic rings. The van der Waals surface area contributed by atoms with E-state index in [1.807, 2.05) is 11.8 Å². The van der Waals surface area contributed by atoms with Crippen LogP contribution >= 0.6 is 0 Å². The number of methoxy groups -OCH3 is 1. The zero-order chi connectivity index (χ0) is 13.1. The highest BCUT2D eigenvalue weighted by Gasteiger charge is 2.19. The van der Waals surface area contributed by atoms with Crippen molar-refractivity contribution in [1.82, 2.24) is 4.90 Å². The third-order valence-corrected chi connectivity index (χ3v) is 3.08. The van der Waals surface area contributed by atoms with Crippen molar-refractivity contribution in [1.29, 1.82) is 0 Å². The minimum atomic E-state index is -0.307. The first-order chi connectivity index (χ1) is 8.17. The summed E-state index contributed by atoms with van der Waals surface area (Å²) in [5, 5.41) is 0. The van der Waals surface area contributed by atoms with Crippen molar-refractivity contribution in [2.24, 2.45) is 0 Å². The van der Waals surface area contributed by atoms with Gasteiger partial charge in [-0.15, -0.1) is 0 Å². The summed E-state index contributed by atoms with van der Waals surface area (Å²) in [7, 11) is 1.60. The first kappa shape index (κ1) is 16.4. The average molecular weight is 243 g/mol. The number of rotatable bonds is 10. The van der Waals surface area contributed by atoms with Gasteiger partial charge in [0.05, 0.1) is 0 Å². The van der Waals surface area contributed by atoms with E-state index in [1.54, 1.807) is 7.11 Å². The minimum Gasteiger partial charge on any atom is -0.372 e. The van der Waals surface area contributed by atoms with E-state index in [-0.39, 0.29) is 12.0 Å². The number of hydrogen-bond acceptors (Lipinski definition) is 2. The van der Waals surface area contributed by atoms with Crippen LogP contribution in [0.2, 0.25) is 0 Å². The molecule has 0 saturated heterocycles. The number of nitrogens with zero attached hydrogens (tertiary/aromatic N) is 1. The molecule has 0 heterocycles. The highest BCUT2D eigenvalue weighted by atomic mass is 16.5. The molecular formula is C14H29NO2. The molecule has 0 N–H and O–H groups in total. The van der Waals surface area contributed by atoms with Gasteiger partial charge in [-0.1, -0.05) is 39.5 Å².